The first-order valence-corrected chi connectivity index (χ1v) is 9.87. The maximum Gasteiger partial charge on any atom is 0.223 e. The molecule has 0 aromatic heterocycles. The van der Waals surface area contributed by atoms with Crippen molar-refractivity contribution < 1.29 is 22.7 Å². The van der Waals surface area contributed by atoms with Crippen LogP contribution in [0.5, 0.6) is 5.75 Å². The lowest BCUT2D eigenvalue weighted by Gasteiger charge is -2.34. The SMILES string of the molecule is COc1ccc(S(=O)(=O)CCC(=O)N2CCN(C(C)=O)CC2)cc1Cl. The summed E-state index contributed by atoms with van der Waals surface area (Å²) in [5.41, 5.74) is 0. The number of rotatable bonds is 5. The number of hydrogen-bond acceptors (Lipinski definition) is 5. The maximum atomic E-state index is 12.4. The summed E-state index contributed by atoms with van der Waals surface area (Å²) in [7, 11) is -2.17. The third-order valence-corrected chi connectivity index (χ3v) is 6.15. The van der Waals surface area contributed by atoms with Crippen molar-refractivity contribution in [2.24, 2.45) is 0 Å². The Morgan fingerprint density at radius 3 is 2.28 bits per heavy atom. The molecule has 0 unspecified atom stereocenters. The van der Waals surface area contributed by atoms with Crippen LogP contribution >= 0.6 is 11.6 Å². The number of carbonyl (C=O) groups excluding carboxylic acids is 2. The van der Waals surface area contributed by atoms with E-state index in [0.717, 1.165) is 0 Å². The molecule has 2 amide bonds. The summed E-state index contributed by atoms with van der Waals surface area (Å²) in [6, 6.07) is 4.22. The fourth-order valence-corrected chi connectivity index (χ4v) is 4.18. The van der Waals surface area contributed by atoms with Gasteiger partial charge < -0.3 is 14.5 Å². The van der Waals surface area contributed by atoms with Gasteiger partial charge in [-0.1, -0.05) is 11.6 Å². The summed E-state index contributed by atoms with van der Waals surface area (Å²) < 4.78 is 29.8. The molecule has 1 aromatic rings. The van der Waals surface area contributed by atoms with Crippen LogP contribution in [0.4, 0.5) is 0 Å². The van der Waals surface area contributed by atoms with Crippen molar-refractivity contribution >= 4 is 33.3 Å². The van der Waals surface area contributed by atoms with E-state index in [-0.39, 0.29) is 33.9 Å². The van der Waals surface area contributed by atoms with E-state index in [0.29, 0.717) is 31.9 Å². The second-order valence-corrected chi connectivity index (χ2v) is 8.27. The number of sulfone groups is 1. The standard InChI is InChI=1S/C16H21ClN2O5S/c1-12(20)18-6-8-19(9-7-18)16(21)5-10-25(22,23)13-3-4-15(24-2)14(17)11-13/h3-4,11H,5-10H2,1-2H3. The molecular weight excluding hydrogens is 368 g/mol. The topological polar surface area (TPSA) is 84.0 Å². The number of methoxy groups -OCH3 is 1. The first kappa shape index (κ1) is 19.5. The van der Waals surface area contributed by atoms with Crippen LogP contribution in [0.1, 0.15) is 13.3 Å². The van der Waals surface area contributed by atoms with Gasteiger partial charge in [0.1, 0.15) is 5.75 Å². The van der Waals surface area contributed by atoms with Gasteiger partial charge in [0, 0.05) is 39.5 Å². The maximum absolute atomic E-state index is 12.4. The van der Waals surface area contributed by atoms with E-state index in [4.69, 9.17) is 16.3 Å². The van der Waals surface area contributed by atoms with Crippen LogP contribution in [-0.4, -0.2) is 69.1 Å². The minimum Gasteiger partial charge on any atom is -0.495 e. The smallest absolute Gasteiger partial charge is 0.223 e. The molecule has 0 bridgehead atoms. The van der Waals surface area contributed by atoms with Crippen LogP contribution in [-0.2, 0) is 19.4 Å². The fourth-order valence-electron chi connectivity index (χ4n) is 2.61. The van der Waals surface area contributed by atoms with E-state index in [1.165, 1.54) is 32.2 Å². The molecule has 0 saturated carbocycles. The molecule has 0 atom stereocenters. The summed E-state index contributed by atoms with van der Waals surface area (Å²) in [5, 5.41) is 0.204. The van der Waals surface area contributed by atoms with Crippen LogP contribution in [0.15, 0.2) is 23.1 Å². The van der Waals surface area contributed by atoms with Gasteiger partial charge in [-0.05, 0) is 18.2 Å². The van der Waals surface area contributed by atoms with Crippen molar-refractivity contribution in [2.45, 2.75) is 18.2 Å². The lowest BCUT2D eigenvalue weighted by Crippen LogP contribution is -2.50. The van der Waals surface area contributed by atoms with Crippen molar-refractivity contribution in [2.75, 3.05) is 39.0 Å². The van der Waals surface area contributed by atoms with Gasteiger partial charge in [-0.15, -0.1) is 0 Å². The Hall–Kier alpha value is -1.80. The molecule has 0 spiro atoms. The van der Waals surface area contributed by atoms with Crippen molar-refractivity contribution in [1.82, 2.24) is 9.80 Å². The normalized spacial score (nSPS) is 15.2. The zero-order valence-electron chi connectivity index (χ0n) is 14.2. The molecule has 0 aliphatic carbocycles. The van der Waals surface area contributed by atoms with Gasteiger partial charge in [0.2, 0.25) is 11.8 Å². The van der Waals surface area contributed by atoms with Crippen LogP contribution in [0.25, 0.3) is 0 Å². The molecule has 1 saturated heterocycles. The van der Waals surface area contributed by atoms with Gasteiger partial charge in [0.25, 0.3) is 0 Å². The van der Waals surface area contributed by atoms with E-state index < -0.39 is 9.84 Å². The molecule has 7 nitrogen and oxygen atoms in total. The number of amides is 2. The minimum absolute atomic E-state index is 0.0222. The highest BCUT2D eigenvalue weighted by Crippen LogP contribution is 2.27. The van der Waals surface area contributed by atoms with Gasteiger partial charge in [-0.3, -0.25) is 9.59 Å². The van der Waals surface area contributed by atoms with E-state index in [1.54, 1.807) is 9.80 Å². The molecule has 1 fully saturated rings. The molecule has 1 aromatic carbocycles. The van der Waals surface area contributed by atoms with Crippen molar-refractivity contribution in [1.29, 1.82) is 0 Å². The third-order valence-electron chi connectivity index (χ3n) is 4.14. The number of carbonyl (C=O) groups is 2. The lowest BCUT2D eigenvalue weighted by atomic mass is 10.3. The average Bonchev–Trinajstić information content (AvgIpc) is 2.59. The minimum atomic E-state index is -3.62. The summed E-state index contributed by atoms with van der Waals surface area (Å²) in [6.07, 6.45) is -0.105. The van der Waals surface area contributed by atoms with Gasteiger partial charge in [-0.2, -0.15) is 0 Å². The Bertz CT molecular complexity index is 758. The number of benzene rings is 1. The highest BCUT2D eigenvalue weighted by atomic mass is 35.5. The Morgan fingerprint density at radius 1 is 1.16 bits per heavy atom. The fraction of sp³-hybridized carbons (Fsp3) is 0.500. The second-order valence-electron chi connectivity index (χ2n) is 5.75. The Morgan fingerprint density at radius 2 is 1.76 bits per heavy atom. The highest BCUT2D eigenvalue weighted by Gasteiger charge is 2.24. The number of piperazine rings is 1. The van der Waals surface area contributed by atoms with E-state index in [2.05, 4.69) is 0 Å². The molecule has 25 heavy (non-hydrogen) atoms. The molecule has 0 N–H and O–H groups in total. The number of halogens is 1. The van der Waals surface area contributed by atoms with E-state index >= 15 is 0 Å². The van der Waals surface area contributed by atoms with Crippen LogP contribution in [0.3, 0.4) is 0 Å². The molecular formula is C16H21ClN2O5S. The largest absolute Gasteiger partial charge is 0.495 e. The highest BCUT2D eigenvalue weighted by molar-refractivity contribution is 7.91. The summed E-state index contributed by atoms with van der Waals surface area (Å²) in [4.78, 5) is 26.8. The van der Waals surface area contributed by atoms with Crippen LogP contribution in [0.2, 0.25) is 5.02 Å². The Labute approximate surface area is 152 Å². The zero-order chi connectivity index (χ0) is 18.6. The number of nitrogens with zero attached hydrogens (tertiary/aromatic N) is 2. The summed E-state index contributed by atoms with van der Waals surface area (Å²) in [5.74, 6) is -0.154. The Kier molecular flexibility index (Phi) is 6.29. The van der Waals surface area contributed by atoms with Crippen LogP contribution in [0, 0.1) is 0 Å². The third kappa shape index (κ3) is 4.85. The van der Waals surface area contributed by atoms with Crippen molar-refractivity contribution in [3.8, 4) is 5.75 Å². The van der Waals surface area contributed by atoms with E-state index in [1.807, 2.05) is 0 Å². The molecule has 138 valence electrons. The molecule has 1 aliphatic rings. The van der Waals surface area contributed by atoms with Crippen molar-refractivity contribution in [3.63, 3.8) is 0 Å². The molecule has 2 rings (SSSR count). The van der Waals surface area contributed by atoms with Gasteiger partial charge in [-0.25, -0.2) is 8.42 Å². The van der Waals surface area contributed by atoms with Gasteiger partial charge in [0.05, 0.1) is 22.8 Å². The van der Waals surface area contributed by atoms with Crippen LogP contribution < -0.4 is 4.74 Å². The summed E-state index contributed by atoms with van der Waals surface area (Å²) >= 11 is 5.96. The van der Waals surface area contributed by atoms with Gasteiger partial charge >= 0.3 is 0 Å². The first-order valence-electron chi connectivity index (χ1n) is 7.84. The molecule has 9 heteroatoms. The molecule has 1 heterocycles. The zero-order valence-corrected chi connectivity index (χ0v) is 15.8. The lowest BCUT2D eigenvalue weighted by molar-refractivity contribution is -0.138. The monoisotopic (exact) mass is 388 g/mol. The second kappa shape index (κ2) is 8.05. The Balaban J connectivity index is 1.94. The number of ether oxygens (including phenoxy) is 1. The summed E-state index contributed by atoms with van der Waals surface area (Å²) in [6.45, 7) is 3.29. The average molecular weight is 389 g/mol. The predicted octanol–water partition coefficient (Wildman–Crippen LogP) is 1.20. The first-order chi connectivity index (χ1) is 11.7. The van der Waals surface area contributed by atoms with E-state index in [9.17, 15) is 18.0 Å². The van der Waals surface area contributed by atoms with Crippen molar-refractivity contribution in [3.05, 3.63) is 23.2 Å². The molecule has 0 radical (unpaired) electrons. The number of hydrogen-bond donors (Lipinski definition) is 0. The van der Waals surface area contributed by atoms with Gasteiger partial charge in [0.15, 0.2) is 9.84 Å². The quantitative estimate of drug-likeness (QED) is 0.756. The molecule has 1 aliphatic heterocycles. The predicted molar refractivity (Wildman–Crippen MR) is 93.5 cm³/mol.